The van der Waals surface area contributed by atoms with Gasteiger partial charge in [-0.25, -0.2) is 19.2 Å². The first-order valence-corrected chi connectivity index (χ1v) is 10.5. The second-order valence-electron chi connectivity index (χ2n) is 7.35. The molecule has 3 N–H and O–H groups in total. The third-order valence-corrected chi connectivity index (χ3v) is 4.62. The summed E-state index contributed by atoms with van der Waals surface area (Å²) < 4.78 is 19.4. The van der Waals surface area contributed by atoms with Crippen LogP contribution in [0.4, 0.5) is 0 Å². The Morgan fingerprint density at radius 1 is 0.686 bits per heavy atom. The van der Waals surface area contributed by atoms with E-state index in [1.807, 2.05) is 0 Å². The lowest BCUT2D eigenvalue weighted by molar-refractivity contribution is -0.00473. The average Bonchev–Trinajstić information content (AvgIpc) is 2.87. The van der Waals surface area contributed by atoms with Crippen molar-refractivity contribution in [3.05, 3.63) is 64.7 Å². The average molecular weight is 490 g/mol. The summed E-state index contributed by atoms with van der Waals surface area (Å²) in [6, 6.07) is 8.73. The topological polar surface area (TPSA) is 166 Å². The molecule has 0 aliphatic carbocycles. The van der Waals surface area contributed by atoms with E-state index in [0.717, 1.165) is 25.3 Å². The molecule has 188 valence electrons. The van der Waals surface area contributed by atoms with Crippen LogP contribution in [-0.2, 0) is 18.9 Å². The van der Waals surface area contributed by atoms with Crippen molar-refractivity contribution in [3.63, 3.8) is 0 Å². The summed E-state index contributed by atoms with van der Waals surface area (Å²) in [4.78, 5) is 47.8. The van der Waals surface area contributed by atoms with E-state index < -0.39 is 49.3 Å². The van der Waals surface area contributed by atoms with Crippen molar-refractivity contribution in [1.29, 1.82) is 0 Å². The molecular weight excluding hydrogens is 464 g/mol. The van der Waals surface area contributed by atoms with Gasteiger partial charge in [0.1, 0.15) is 31.7 Å². The number of aliphatic hydroxyl groups is 2. The fraction of sp³-hybridized carbons (Fsp3) is 0.333. The molecule has 35 heavy (non-hydrogen) atoms. The SMILES string of the molecule is CCC(O)COC(=O)c1ccc(C(=O)OCC(O)COC(=O)c2cc(O)cc(C(=O)OC)c2)cc1. The molecule has 2 aromatic carbocycles. The molecule has 0 saturated carbocycles. The molecule has 0 fully saturated rings. The van der Waals surface area contributed by atoms with Gasteiger partial charge in [-0.2, -0.15) is 0 Å². The van der Waals surface area contributed by atoms with Crippen LogP contribution in [0.25, 0.3) is 0 Å². The van der Waals surface area contributed by atoms with Crippen LogP contribution in [0.15, 0.2) is 42.5 Å². The van der Waals surface area contributed by atoms with Crippen LogP contribution in [0.5, 0.6) is 5.75 Å². The fourth-order valence-electron chi connectivity index (χ4n) is 2.64. The molecule has 0 spiro atoms. The Bertz CT molecular complexity index is 1050. The normalized spacial score (nSPS) is 12.2. The standard InChI is InChI=1S/C24H26O11/c1-3-18(25)11-33-22(29)14-4-6-15(7-5-14)23(30)34-12-20(27)13-35-24(31)17-8-16(21(28)32-2)9-19(26)10-17/h4-10,18,20,25-27H,3,11-13H2,1-2H3. The van der Waals surface area contributed by atoms with Crippen molar-refractivity contribution in [1.82, 2.24) is 0 Å². The fourth-order valence-corrected chi connectivity index (χ4v) is 2.64. The Labute approximate surface area is 200 Å². The van der Waals surface area contributed by atoms with Crippen molar-refractivity contribution >= 4 is 23.9 Å². The van der Waals surface area contributed by atoms with E-state index in [-0.39, 0.29) is 34.6 Å². The number of hydrogen-bond acceptors (Lipinski definition) is 11. The minimum Gasteiger partial charge on any atom is -0.508 e. The van der Waals surface area contributed by atoms with E-state index in [1.165, 1.54) is 24.3 Å². The second kappa shape index (κ2) is 13.1. The predicted molar refractivity (Wildman–Crippen MR) is 119 cm³/mol. The molecule has 0 bridgehead atoms. The van der Waals surface area contributed by atoms with Gasteiger partial charge in [-0.05, 0) is 48.9 Å². The zero-order valence-corrected chi connectivity index (χ0v) is 19.1. The molecule has 0 heterocycles. The van der Waals surface area contributed by atoms with Crippen LogP contribution in [0.1, 0.15) is 54.8 Å². The van der Waals surface area contributed by atoms with E-state index in [1.54, 1.807) is 6.92 Å². The number of aliphatic hydroxyl groups excluding tert-OH is 2. The minimum atomic E-state index is -1.35. The summed E-state index contributed by atoms with van der Waals surface area (Å²) in [5, 5.41) is 29.1. The maximum atomic E-state index is 12.2. The molecule has 11 heteroatoms. The zero-order valence-electron chi connectivity index (χ0n) is 19.1. The zero-order chi connectivity index (χ0) is 26.0. The third-order valence-electron chi connectivity index (χ3n) is 4.62. The van der Waals surface area contributed by atoms with Crippen molar-refractivity contribution < 1.29 is 53.4 Å². The Morgan fingerprint density at radius 2 is 1.09 bits per heavy atom. The van der Waals surface area contributed by atoms with Gasteiger partial charge in [0.05, 0.1) is 35.5 Å². The number of methoxy groups -OCH3 is 1. The molecule has 2 unspecified atom stereocenters. The number of phenolic OH excluding ortho intramolecular Hbond substituents is 1. The molecule has 0 saturated heterocycles. The first kappa shape index (κ1) is 27.3. The minimum absolute atomic E-state index is 0.0632. The highest BCUT2D eigenvalue weighted by Gasteiger charge is 2.18. The van der Waals surface area contributed by atoms with Crippen LogP contribution >= 0.6 is 0 Å². The van der Waals surface area contributed by atoms with E-state index in [2.05, 4.69) is 4.74 Å². The van der Waals surface area contributed by atoms with E-state index in [9.17, 15) is 34.5 Å². The molecule has 0 radical (unpaired) electrons. The number of benzene rings is 2. The van der Waals surface area contributed by atoms with Gasteiger partial charge in [-0.1, -0.05) is 6.92 Å². The second-order valence-corrected chi connectivity index (χ2v) is 7.35. The number of hydrogen-bond donors (Lipinski definition) is 3. The van der Waals surface area contributed by atoms with Crippen LogP contribution < -0.4 is 0 Å². The largest absolute Gasteiger partial charge is 0.508 e. The Kier molecular flexibility index (Phi) is 10.2. The van der Waals surface area contributed by atoms with Crippen molar-refractivity contribution in [2.75, 3.05) is 26.9 Å². The summed E-state index contributed by atoms with van der Waals surface area (Å²) in [6.45, 7) is 0.596. The molecule has 2 rings (SSSR count). The van der Waals surface area contributed by atoms with Gasteiger partial charge in [0, 0.05) is 0 Å². The smallest absolute Gasteiger partial charge is 0.338 e. The van der Waals surface area contributed by atoms with Gasteiger partial charge < -0.3 is 34.3 Å². The number of carbonyl (C=O) groups is 4. The predicted octanol–water partition coefficient (Wildman–Crippen LogP) is 1.48. The van der Waals surface area contributed by atoms with E-state index in [4.69, 9.17) is 14.2 Å². The Morgan fingerprint density at radius 3 is 1.51 bits per heavy atom. The Hall–Kier alpha value is -3.96. The number of aromatic hydroxyl groups is 1. The van der Waals surface area contributed by atoms with Crippen LogP contribution in [0, 0.1) is 0 Å². The number of rotatable bonds is 11. The highest BCUT2D eigenvalue weighted by molar-refractivity contribution is 5.96. The van der Waals surface area contributed by atoms with Gasteiger partial charge in [0.25, 0.3) is 0 Å². The van der Waals surface area contributed by atoms with Crippen LogP contribution in [0.2, 0.25) is 0 Å². The summed E-state index contributed by atoms with van der Waals surface area (Å²) in [6.07, 6.45) is -1.66. The van der Waals surface area contributed by atoms with Crippen molar-refractivity contribution in [2.45, 2.75) is 25.6 Å². The molecule has 0 aromatic heterocycles. The van der Waals surface area contributed by atoms with Gasteiger partial charge >= 0.3 is 23.9 Å². The maximum absolute atomic E-state index is 12.2. The maximum Gasteiger partial charge on any atom is 0.338 e. The highest BCUT2D eigenvalue weighted by Crippen LogP contribution is 2.17. The van der Waals surface area contributed by atoms with Gasteiger partial charge in [-0.3, -0.25) is 0 Å². The molecular formula is C24H26O11. The third kappa shape index (κ3) is 8.40. The summed E-state index contributed by atoms with van der Waals surface area (Å²) in [5.41, 5.74) is 0.0812. The van der Waals surface area contributed by atoms with Crippen LogP contribution in [-0.4, -0.2) is 78.3 Å². The van der Waals surface area contributed by atoms with Crippen LogP contribution in [0.3, 0.4) is 0 Å². The molecule has 2 atom stereocenters. The first-order valence-electron chi connectivity index (χ1n) is 10.5. The lowest BCUT2D eigenvalue weighted by Gasteiger charge is -2.13. The molecule has 0 aliphatic rings. The quantitative estimate of drug-likeness (QED) is 0.308. The number of carbonyl (C=O) groups excluding carboxylic acids is 4. The summed E-state index contributed by atoms with van der Waals surface area (Å²) >= 11 is 0. The number of esters is 4. The molecule has 0 aliphatic heterocycles. The van der Waals surface area contributed by atoms with Gasteiger partial charge in [0.2, 0.25) is 0 Å². The lowest BCUT2D eigenvalue weighted by atomic mass is 10.1. The summed E-state index contributed by atoms with van der Waals surface area (Å²) in [5.74, 6) is -3.48. The molecule has 0 amide bonds. The monoisotopic (exact) mass is 490 g/mol. The van der Waals surface area contributed by atoms with Crippen molar-refractivity contribution in [2.24, 2.45) is 0 Å². The molecule has 2 aromatic rings. The van der Waals surface area contributed by atoms with E-state index >= 15 is 0 Å². The first-order chi connectivity index (χ1) is 16.6. The van der Waals surface area contributed by atoms with Crippen molar-refractivity contribution in [3.8, 4) is 5.75 Å². The van der Waals surface area contributed by atoms with E-state index in [0.29, 0.717) is 6.42 Å². The number of ether oxygens (including phenoxy) is 4. The summed E-state index contributed by atoms with van der Waals surface area (Å²) in [7, 11) is 1.14. The highest BCUT2D eigenvalue weighted by atomic mass is 16.6. The Balaban J connectivity index is 1.83. The molecule has 11 nitrogen and oxygen atoms in total. The van der Waals surface area contributed by atoms with Gasteiger partial charge in [0.15, 0.2) is 0 Å². The van der Waals surface area contributed by atoms with Gasteiger partial charge in [-0.15, -0.1) is 0 Å². The lowest BCUT2D eigenvalue weighted by Crippen LogP contribution is -2.25. The number of phenols is 1.